The molecule has 1 aromatic rings. The lowest BCUT2D eigenvalue weighted by atomic mass is 10.0. The predicted octanol–water partition coefficient (Wildman–Crippen LogP) is 0.882. The van der Waals surface area contributed by atoms with E-state index in [-0.39, 0.29) is 11.7 Å². The highest BCUT2D eigenvalue weighted by molar-refractivity contribution is 5.55. The predicted molar refractivity (Wildman–Crippen MR) is 67.6 cm³/mol. The number of fused-ring (bicyclic) bond motifs is 1. The summed E-state index contributed by atoms with van der Waals surface area (Å²) in [6.45, 7) is 1.17. The zero-order chi connectivity index (χ0) is 13.8. The summed E-state index contributed by atoms with van der Waals surface area (Å²) in [6, 6.07) is 2.72. The third kappa shape index (κ3) is 3.12. The lowest BCUT2D eigenvalue weighted by Crippen LogP contribution is -2.28. The highest BCUT2D eigenvalue weighted by Crippen LogP contribution is 2.36. The van der Waals surface area contributed by atoms with Crippen LogP contribution in [-0.4, -0.2) is 37.9 Å². The molecule has 1 unspecified atom stereocenters. The minimum Gasteiger partial charge on any atom is -0.486 e. The van der Waals surface area contributed by atoms with E-state index in [1.807, 2.05) is 0 Å². The van der Waals surface area contributed by atoms with E-state index in [4.69, 9.17) is 19.9 Å². The Morgan fingerprint density at radius 1 is 1.42 bits per heavy atom. The molecular weight excluding hydrogens is 252 g/mol. The van der Waals surface area contributed by atoms with Gasteiger partial charge >= 0.3 is 0 Å². The van der Waals surface area contributed by atoms with E-state index in [2.05, 4.69) is 0 Å². The lowest BCUT2D eigenvalue weighted by molar-refractivity contribution is -0.385. The van der Waals surface area contributed by atoms with Crippen LogP contribution in [0.4, 0.5) is 5.69 Å². The average Bonchev–Trinajstić information content (AvgIpc) is 2.38. The van der Waals surface area contributed by atoms with Crippen molar-refractivity contribution in [2.75, 3.05) is 26.9 Å². The van der Waals surface area contributed by atoms with E-state index in [0.717, 1.165) is 0 Å². The van der Waals surface area contributed by atoms with Gasteiger partial charge in [0.2, 0.25) is 0 Å². The van der Waals surface area contributed by atoms with Crippen molar-refractivity contribution >= 4 is 5.69 Å². The van der Waals surface area contributed by atoms with E-state index in [1.54, 1.807) is 6.07 Å². The first-order chi connectivity index (χ1) is 9.11. The summed E-state index contributed by atoms with van der Waals surface area (Å²) in [6.07, 6.45) is 0.348. The molecule has 1 heterocycles. The molecular formula is C12H16N2O5. The van der Waals surface area contributed by atoms with Crippen molar-refractivity contribution in [2.45, 2.75) is 12.5 Å². The van der Waals surface area contributed by atoms with Crippen molar-refractivity contribution in [2.24, 2.45) is 5.73 Å². The van der Waals surface area contributed by atoms with Crippen LogP contribution >= 0.6 is 0 Å². The van der Waals surface area contributed by atoms with Crippen LogP contribution in [0.1, 0.15) is 5.56 Å². The first-order valence-corrected chi connectivity index (χ1v) is 5.93. The summed E-state index contributed by atoms with van der Waals surface area (Å²) in [7, 11) is 1.54. The van der Waals surface area contributed by atoms with Crippen LogP contribution in [0.3, 0.4) is 0 Å². The monoisotopic (exact) mass is 268 g/mol. The van der Waals surface area contributed by atoms with Gasteiger partial charge in [-0.05, 0) is 12.5 Å². The third-order valence-corrected chi connectivity index (χ3v) is 2.80. The molecule has 0 saturated heterocycles. The number of nitrogens with zero attached hydrogens (tertiary/aromatic N) is 1. The SMILES string of the molecule is COCC(N)Cc1cc2c(cc1[N+](=O)[O-])OCCO2. The molecule has 2 rings (SSSR count). The minimum atomic E-state index is -0.437. The molecule has 0 radical (unpaired) electrons. The summed E-state index contributed by atoms with van der Waals surface area (Å²) in [5.41, 5.74) is 6.36. The number of benzene rings is 1. The molecule has 0 aliphatic carbocycles. The van der Waals surface area contributed by atoms with E-state index >= 15 is 0 Å². The molecule has 7 nitrogen and oxygen atoms in total. The van der Waals surface area contributed by atoms with Crippen LogP contribution in [0.15, 0.2) is 12.1 Å². The number of hydrogen-bond acceptors (Lipinski definition) is 6. The van der Waals surface area contributed by atoms with Gasteiger partial charge < -0.3 is 19.9 Å². The second-order valence-corrected chi connectivity index (χ2v) is 4.30. The number of nitrogens with two attached hydrogens (primary N) is 1. The number of methoxy groups -OCH3 is 1. The standard InChI is InChI=1S/C12H16N2O5/c1-17-7-9(13)4-8-5-11-12(19-3-2-18-11)6-10(8)14(15)16/h5-6,9H,2-4,7,13H2,1H3. The first-order valence-electron chi connectivity index (χ1n) is 5.93. The molecule has 0 saturated carbocycles. The zero-order valence-corrected chi connectivity index (χ0v) is 10.6. The largest absolute Gasteiger partial charge is 0.486 e. The Labute approximate surface area is 110 Å². The molecule has 0 amide bonds. The van der Waals surface area contributed by atoms with Crippen molar-refractivity contribution in [1.82, 2.24) is 0 Å². The van der Waals surface area contributed by atoms with Crippen LogP contribution in [0.5, 0.6) is 11.5 Å². The summed E-state index contributed by atoms with van der Waals surface area (Å²) in [5, 5.41) is 11.1. The van der Waals surface area contributed by atoms with E-state index in [9.17, 15) is 10.1 Å². The zero-order valence-electron chi connectivity index (χ0n) is 10.6. The summed E-state index contributed by atoms with van der Waals surface area (Å²) in [5.74, 6) is 0.929. The number of nitro groups is 1. The van der Waals surface area contributed by atoms with Gasteiger partial charge in [0.25, 0.3) is 5.69 Å². The molecule has 2 N–H and O–H groups in total. The van der Waals surface area contributed by atoms with Gasteiger partial charge in [-0.25, -0.2) is 0 Å². The molecule has 19 heavy (non-hydrogen) atoms. The smallest absolute Gasteiger partial charge is 0.276 e. The maximum atomic E-state index is 11.1. The maximum Gasteiger partial charge on any atom is 0.276 e. The van der Waals surface area contributed by atoms with Crippen LogP contribution in [-0.2, 0) is 11.2 Å². The molecule has 1 aliphatic heterocycles. The van der Waals surface area contributed by atoms with Crippen LogP contribution in [0.25, 0.3) is 0 Å². The molecule has 1 aliphatic rings. The summed E-state index contributed by atoms with van der Waals surface area (Å²) in [4.78, 5) is 10.6. The van der Waals surface area contributed by atoms with Crippen molar-refractivity contribution in [3.63, 3.8) is 0 Å². The Balaban J connectivity index is 2.31. The van der Waals surface area contributed by atoms with Gasteiger partial charge in [0.15, 0.2) is 11.5 Å². The fourth-order valence-electron chi connectivity index (χ4n) is 2.01. The highest BCUT2D eigenvalue weighted by atomic mass is 16.6. The molecule has 104 valence electrons. The fourth-order valence-corrected chi connectivity index (χ4v) is 2.01. The second kappa shape index (κ2) is 5.85. The van der Waals surface area contributed by atoms with Crippen LogP contribution in [0, 0.1) is 10.1 Å². The normalized spacial score (nSPS) is 15.1. The molecule has 0 aromatic heterocycles. The number of hydrogen-bond donors (Lipinski definition) is 1. The van der Waals surface area contributed by atoms with Gasteiger partial charge in [-0.2, -0.15) is 0 Å². The lowest BCUT2D eigenvalue weighted by Gasteiger charge is -2.19. The Morgan fingerprint density at radius 3 is 2.63 bits per heavy atom. The molecule has 0 bridgehead atoms. The van der Waals surface area contributed by atoms with Gasteiger partial charge in [-0.1, -0.05) is 0 Å². The third-order valence-electron chi connectivity index (χ3n) is 2.80. The van der Waals surface area contributed by atoms with E-state index in [0.29, 0.717) is 43.3 Å². The van der Waals surface area contributed by atoms with Gasteiger partial charge in [-0.15, -0.1) is 0 Å². The quantitative estimate of drug-likeness (QED) is 0.629. The Kier molecular flexibility index (Phi) is 4.18. The van der Waals surface area contributed by atoms with Crippen molar-refractivity contribution in [1.29, 1.82) is 0 Å². The van der Waals surface area contributed by atoms with Gasteiger partial charge in [0, 0.05) is 18.7 Å². The number of ether oxygens (including phenoxy) is 3. The number of nitro benzene ring substituents is 1. The fraction of sp³-hybridized carbons (Fsp3) is 0.500. The van der Waals surface area contributed by atoms with Crippen molar-refractivity contribution in [3.05, 3.63) is 27.8 Å². The molecule has 1 aromatic carbocycles. The van der Waals surface area contributed by atoms with Gasteiger partial charge in [-0.3, -0.25) is 10.1 Å². The van der Waals surface area contributed by atoms with E-state index < -0.39 is 4.92 Å². The van der Waals surface area contributed by atoms with Crippen molar-refractivity contribution < 1.29 is 19.1 Å². The topological polar surface area (TPSA) is 96.9 Å². The summed E-state index contributed by atoms with van der Waals surface area (Å²) < 4.78 is 15.7. The van der Waals surface area contributed by atoms with Gasteiger partial charge in [0.1, 0.15) is 13.2 Å². The molecule has 7 heteroatoms. The maximum absolute atomic E-state index is 11.1. The van der Waals surface area contributed by atoms with Crippen molar-refractivity contribution in [3.8, 4) is 11.5 Å². The highest BCUT2D eigenvalue weighted by Gasteiger charge is 2.23. The Morgan fingerprint density at radius 2 is 2.05 bits per heavy atom. The van der Waals surface area contributed by atoms with Crippen LogP contribution in [0.2, 0.25) is 0 Å². The molecule has 0 fully saturated rings. The first kappa shape index (κ1) is 13.6. The molecule has 0 spiro atoms. The second-order valence-electron chi connectivity index (χ2n) is 4.30. The Bertz CT molecular complexity index is 477. The Hall–Kier alpha value is -1.86. The summed E-state index contributed by atoms with van der Waals surface area (Å²) >= 11 is 0. The van der Waals surface area contributed by atoms with E-state index in [1.165, 1.54) is 13.2 Å². The molecule has 1 atom stereocenters. The minimum absolute atomic E-state index is 0.00389. The average molecular weight is 268 g/mol. The van der Waals surface area contributed by atoms with Crippen LogP contribution < -0.4 is 15.2 Å². The number of rotatable bonds is 5. The van der Waals surface area contributed by atoms with Gasteiger partial charge in [0.05, 0.1) is 17.6 Å².